The Kier molecular flexibility index (Phi) is 5.18. The van der Waals surface area contributed by atoms with Gasteiger partial charge in [0.05, 0.1) is 12.6 Å². The number of hydrogen-bond donors (Lipinski definition) is 1. The Balaban J connectivity index is 2.21. The molecule has 1 aromatic rings. The summed E-state index contributed by atoms with van der Waals surface area (Å²) < 4.78 is 6.35. The first kappa shape index (κ1) is 14.0. The van der Waals surface area contributed by atoms with Crippen LogP contribution in [0.4, 0.5) is 0 Å². The van der Waals surface area contributed by atoms with E-state index in [9.17, 15) is 0 Å². The third kappa shape index (κ3) is 3.12. The monoisotopic (exact) mass is 312 g/mol. The number of methoxy groups -OCH3 is 1. The van der Waals surface area contributed by atoms with E-state index < -0.39 is 0 Å². The van der Waals surface area contributed by atoms with E-state index in [1.807, 2.05) is 6.07 Å². The Bertz CT molecular complexity index is 386. The largest absolute Gasteiger partial charge is 0.383 e. The quantitative estimate of drug-likeness (QED) is 0.928. The number of nitrogens with two attached hydrogens (primary N) is 1. The van der Waals surface area contributed by atoms with Crippen molar-refractivity contribution in [1.82, 2.24) is 4.90 Å². The van der Waals surface area contributed by atoms with Gasteiger partial charge >= 0.3 is 0 Å². The Morgan fingerprint density at radius 3 is 2.94 bits per heavy atom. The fourth-order valence-electron chi connectivity index (χ4n) is 2.70. The van der Waals surface area contributed by atoms with Crippen LogP contribution in [0.5, 0.6) is 0 Å². The molecular weight excluding hydrogens is 292 g/mol. The molecule has 1 aromatic carbocycles. The first-order valence-electron chi connectivity index (χ1n) is 6.47. The van der Waals surface area contributed by atoms with E-state index in [4.69, 9.17) is 10.5 Å². The fourth-order valence-corrected chi connectivity index (χ4v) is 3.22. The van der Waals surface area contributed by atoms with Gasteiger partial charge in [-0.05, 0) is 31.0 Å². The number of nitrogens with zero attached hydrogens (tertiary/aromatic N) is 1. The van der Waals surface area contributed by atoms with Crippen molar-refractivity contribution in [2.45, 2.75) is 24.9 Å². The standard InChI is InChI=1S/C14H21BrN2O/c1-18-10-9-17-8-4-7-13(16)14(17)11-5-2-3-6-12(11)15/h2-3,5-6,13-14H,4,7-10,16H2,1H3. The summed E-state index contributed by atoms with van der Waals surface area (Å²) in [5.41, 5.74) is 7.63. The second-order valence-electron chi connectivity index (χ2n) is 4.80. The van der Waals surface area contributed by atoms with Gasteiger partial charge in [-0.15, -0.1) is 0 Å². The molecule has 1 aliphatic heterocycles. The second kappa shape index (κ2) is 6.66. The van der Waals surface area contributed by atoms with Crippen molar-refractivity contribution in [3.8, 4) is 0 Å². The summed E-state index contributed by atoms with van der Waals surface area (Å²) in [5.74, 6) is 0. The van der Waals surface area contributed by atoms with Crippen molar-refractivity contribution in [3.05, 3.63) is 34.3 Å². The highest BCUT2D eigenvalue weighted by molar-refractivity contribution is 9.10. The van der Waals surface area contributed by atoms with E-state index in [2.05, 4.69) is 39.0 Å². The maximum atomic E-state index is 6.34. The number of piperidine rings is 1. The molecule has 1 aliphatic rings. The van der Waals surface area contributed by atoms with Crippen molar-refractivity contribution in [1.29, 1.82) is 0 Å². The number of ether oxygens (including phenoxy) is 1. The topological polar surface area (TPSA) is 38.5 Å². The summed E-state index contributed by atoms with van der Waals surface area (Å²) in [6.45, 7) is 2.80. The fraction of sp³-hybridized carbons (Fsp3) is 0.571. The minimum atomic E-state index is 0.203. The second-order valence-corrected chi connectivity index (χ2v) is 5.66. The van der Waals surface area contributed by atoms with Crippen LogP contribution in [-0.4, -0.2) is 37.7 Å². The van der Waals surface area contributed by atoms with Gasteiger partial charge in [-0.1, -0.05) is 34.1 Å². The van der Waals surface area contributed by atoms with Crippen molar-refractivity contribution in [2.75, 3.05) is 26.8 Å². The van der Waals surface area contributed by atoms with Gasteiger partial charge in [0.2, 0.25) is 0 Å². The van der Waals surface area contributed by atoms with E-state index in [0.717, 1.165) is 30.6 Å². The molecule has 4 heteroatoms. The maximum Gasteiger partial charge on any atom is 0.0589 e. The smallest absolute Gasteiger partial charge is 0.0589 e. The lowest BCUT2D eigenvalue weighted by Gasteiger charge is -2.40. The molecule has 0 aliphatic carbocycles. The average Bonchev–Trinajstić information content (AvgIpc) is 2.38. The lowest BCUT2D eigenvalue weighted by molar-refractivity contribution is 0.0845. The van der Waals surface area contributed by atoms with E-state index in [1.165, 1.54) is 12.0 Å². The van der Waals surface area contributed by atoms with Crippen LogP contribution in [0.3, 0.4) is 0 Å². The van der Waals surface area contributed by atoms with Crippen LogP contribution in [0, 0.1) is 0 Å². The minimum Gasteiger partial charge on any atom is -0.383 e. The molecule has 0 bridgehead atoms. The van der Waals surface area contributed by atoms with E-state index in [-0.39, 0.29) is 6.04 Å². The molecule has 0 radical (unpaired) electrons. The van der Waals surface area contributed by atoms with Gasteiger partial charge in [-0.3, -0.25) is 4.90 Å². The van der Waals surface area contributed by atoms with E-state index >= 15 is 0 Å². The summed E-state index contributed by atoms with van der Waals surface area (Å²) in [6.07, 6.45) is 2.27. The van der Waals surface area contributed by atoms with Crippen molar-refractivity contribution in [3.63, 3.8) is 0 Å². The number of rotatable bonds is 4. The van der Waals surface area contributed by atoms with Crippen LogP contribution in [-0.2, 0) is 4.74 Å². The number of benzene rings is 1. The highest BCUT2D eigenvalue weighted by atomic mass is 79.9. The van der Waals surface area contributed by atoms with Crippen LogP contribution in [0.15, 0.2) is 28.7 Å². The van der Waals surface area contributed by atoms with E-state index in [0.29, 0.717) is 6.04 Å². The van der Waals surface area contributed by atoms with Gasteiger partial charge in [0.1, 0.15) is 0 Å². The highest BCUT2D eigenvalue weighted by Crippen LogP contribution is 2.33. The third-order valence-electron chi connectivity index (χ3n) is 3.59. The first-order chi connectivity index (χ1) is 8.74. The molecule has 0 aromatic heterocycles. The van der Waals surface area contributed by atoms with Gasteiger partial charge in [-0.2, -0.15) is 0 Å². The van der Waals surface area contributed by atoms with Crippen molar-refractivity contribution >= 4 is 15.9 Å². The molecule has 1 heterocycles. The minimum absolute atomic E-state index is 0.203. The summed E-state index contributed by atoms with van der Waals surface area (Å²) >= 11 is 3.64. The summed E-state index contributed by atoms with van der Waals surface area (Å²) in [5, 5.41) is 0. The van der Waals surface area contributed by atoms with Gasteiger partial charge in [0.15, 0.2) is 0 Å². The first-order valence-corrected chi connectivity index (χ1v) is 7.26. The average molecular weight is 313 g/mol. The molecule has 100 valence electrons. The zero-order valence-corrected chi connectivity index (χ0v) is 12.4. The zero-order valence-electron chi connectivity index (χ0n) is 10.8. The van der Waals surface area contributed by atoms with Gasteiger partial charge in [0.25, 0.3) is 0 Å². The molecule has 2 rings (SSSR count). The Morgan fingerprint density at radius 1 is 1.44 bits per heavy atom. The van der Waals surface area contributed by atoms with E-state index in [1.54, 1.807) is 7.11 Å². The molecule has 18 heavy (non-hydrogen) atoms. The predicted molar refractivity (Wildman–Crippen MR) is 77.5 cm³/mol. The van der Waals surface area contributed by atoms with Crippen molar-refractivity contribution < 1.29 is 4.74 Å². The van der Waals surface area contributed by atoms with Crippen LogP contribution in [0.25, 0.3) is 0 Å². The molecule has 0 spiro atoms. The molecule has 0 saturated carbocycles. The third-order valence-corrected chi connectivity index (χ3v) is 4.31. The SMILES string of the molecule is COCCN1CCCC(N)C1c1ccccc1Br. The maximum absolute atomic E-state index is 6.34. The molecule has 1 fully saturated rings. The summed E-state index contributed by atoms with van der Waals surface area (Å²) in [6, 6.07) is 8.88. The molecule has 2 N–H and O–H groups in total. The molecule has 1 saturated heterocycles. The molecule has 2 unspecified atom stereocenters. The highest BCUT2D eigenvalue weighted by Gasteiger charge is 2.30. The Morgan fingerprint density at radius 2 is 2.22 bits per heavy atom. The lowest BCUT2D eigenvalue weighted by atomic mass is 9.91. The zero-order chi connectivity index (χ0) is 13.0. The van der Waals surface area contributed by atoms with Crippen LogP contribution >= 0.6 is 15.9 Å². The molecular formula is C14H21BrN2O. The van der Waals surface area contributed by atoms with Crippen LogP contribution < -0.4 is 5.73 Å². The predicted octanol–water partition coefficient (Wildman–Crippen LogP) is 2.56. The van der Waals surface area contributed by atoms with Gasteiger partial charge < -0.3 is 10.5 Å². The van der Waals surface area contributed by atoms with Gasteiger partial charge in [-0.25, -0.2) is 0 Å². The Labute approximate surface area is 117 Å². The van der Waals surface area contributed by atoms with Crippen LogP contribution in [0.1, 0.15) is 24.4 Å². The molecule has 2 atom stereocenters. The summed E-state index contributed by atoms with van der Waals surface area (Å²) in [4.78, 5) is 2.44. The number of halogens is 1. The van der Waals surface area contributed by atoms with Gasteiger partial charge in [0, 0.05) is 24.2 Å². The van der Waals surface area contributed by atoms with Crippen molar-refractivity contribution in [2.24, 2.45) is 5.73 Å². The van der Waals surface area contributed by atoms with Crippen LogP contribution in [0.2, 0.25) is 0 Å². The number of hydrogen-bond acceptors (Lipinski definition) is 3. The Hall–Kier alpha value is -0.420. The molecule has 0 amide bonds. The normalized spacial score (nSPS) is 25.3. The molecule has 3 nitrogen and oxygen atoms in total. The number of likely N-dealkylation sites (tertiary alicyclic amines) is 1. The lowest BCUT2D eigenvalue weighted by Crippen LogP contribution is -2.47. The summed E-state index contributed by atoms with van der Waals surface area (Å²) in [7, 11) is 1.75.